The molecule has 106 valence electrons. The van der Waals surface area contributed by atoms with Gasteiger partial charge in [0.05, 0.1) is 6.04 Å². The number of rotatable bonds is 4. The normalized spacial score (nSPS) is 12.3. The van der Waals surface area contributed by atoms with Gasteiger partial charge in [-0.2, -0.15) is 5.10 Å². The van der Waals surface area contributed by atoms with Crippen molar-refractivity contribution < 1.29 is 4.39 Å². The average molecular weight is 282 g/mol. The fourth-order valence-electron chi connectivity index (χ4n) is 2.13. The van der Waals surface area contributed by atoms with E-state index in [0.29, 0.717) is 18.1 Å². The predicted octanol–water partition coefficient (Wildman–Crippen LogP) is 2.85. The number of nitrogens with one attached hydrogen (secondary N) is 1. The van der Waals surface area contributed by atoms with Crippen LogP contribution in [0, 0.1) is 5.82 Å². The van der Waals surface area contributed by atoms with Gasteiger partial charge in [0.2, 0.25) is 0 Å². The zero-order valence-corrected chi connectivity index (χ0v) is 11.3. The molecule has 0 amide bonds. The SMILES string of the molecule is NC(Cc1ccccc1)c1nc(-c2ccc(F)cc2)n[nH]1. The zero-order valence-electron chi connectivity index (χ0n) is 11.3. The highest BCUT2D eigenvalue weighted by atomic mass is 19.1. The lowest BCUT2D eigenvalue weighted by molar-refractivity contribution is 0.628. The summed E-state index contributed by atoms with van der Waals surface area (Å²) < 4.78 is 12.9. The summed E-state index contributed by atoms with van der Waals surface area (Å²) in [4.78, 5) is 4.39. The minimum absolute atomic E-state index is 0.255. The van der Waals surface area contributed by atoms with E-state index in [0.717, 1.165) is 11.1 Å². The van der Waals surface area contributed by atoms with Crippen LogP contribution in [0.25, 0.3) is 11.4 Å². The second-order valence-corrected chi connectivity index (χ2v) is 4.85. The Balaban J connectivity index is 1.76. The molecule has 1 atom stereocenters. The first-order valence-corrected chi connectivity index (χ1v) is 6.70. The average Bonchev–Trinajstić information content (AvgIpc) is 2.99. The quantitative estimate of drug-likeness (QED) is 0.773. The van der Waals surface area contributed by atoms with Crippen molar-refractivity contribution in [2.24, 2.45) is 5.73 Å². The van der Waals surface area contributed by atoms with Gasteiger partial charge >= 0.3 is 0 Å². The molecule has 5 heteroatoms. The van der Waals surface area contributed by atoms with Gasteiger partial charge in [0, 0.05) is 5.56 Å². The van der Waals surface area contributed by atoms with Gasteiger partial charge in [-0.05, 0) is 36.2 Å². The lowest BCUT2D eigenvalue weighted by Gasteiger charge is -2.07. The molecule has 0 saturated carbocycles. The number of halogens is 1. The van der Waals surface area contributed by atoms with Crippen molar-refractivity contribution in [2.75, 3.05) is 0 Å². The molecule has 4 nitrogen and oxygen atoms in total. The maximum Gasteiger partial charge on any atom is 0.181 e. The number of nitrogens with zero attached hydrogens (tertiary/aromatic N) is 2. The first-order chi connectivity index (χ1) is 10.2. The topological polar surface area (TPSA) is 67.6 Å². The van der Waals surface area contributed by atoms with Crippen LogP contribution >= 0.6 is 0 Å². The van der Waals surface area contributed by atoms with Gasteiger partial charge in [0.1, 0.15) is 11.6 Å². The molecule has 0 bridgehead atoms. The molecule has 0 aliphatic carbocycles. The second kappa shape index (κ2) is 5.85. The number of hydrogen-bond acceptors (Lipinski definition) is 3. The summed E-state index contributed by atoms with van der Waals surface area (Å²) in [6, 6.07) is 15.8. The maximum atomic E-state index is 12.9. The van der Waals surface area contributed by atoms with E-state index in [-0.39, 0.29) is 11.9 Å². The molecule has 3 rings (SSSR count). The molecule has 3 aromatic rings. The highest BCUT2D eigenvalue weighted by Gasteiger charge is 2.13. The van der Waals surface area contributed by atoms with Crippen LogP contribution in [-0.2, 0) is 6.42 Å². The number of nitrogens with two attached hydrogens (primary N) is 1. The van der Waals surface area contributed by atoms with Gasteiger partial charge in [-0.15, -0.1) is 0 Å². The number of aromatic nitrogens is 3. The van der Waals surface area contributed by atoms with E-state index in [1.165, 1.54) is 12.1 Å². The summed E-state index contributed by atoms with van der Waals surface area (Å²) in [5.41, 5.74) is 8.05. The van der Waals surface area contributed by atoms with Gasteiger partial charge < -0.3 is 5.73 Å². The summed E-state index contributed by atoms with van der Waals surface area (Å²) in [5.74, 6) is 0.863. The van der Waals surface area contributed by atoms with Crippen LogP contribution in [-0.4, -0.2) is 15.2 Å². The molecular formula is C16H15FN4. The van der Waals surface area contributed by atoms with E-state index in [2.05, 4.69) is 15.2 Å². The Morgan fingerprint density at radius 1 is 1.05 bits per heavy atom. The molecular weight excluding hydrogens is 267 g/mol. The molecule has 0 aliphatic heterocycles. The van der Waals surface area contributed by atoms with Crippen molar-refractivity contribution in [2.45, 2.75) is 12.5 Å². The predicted molar refractivity (Wildman–Crippen MR) is 78.9 cm³/mol. The summed E-state index contributed by atoms with van der Waals surface area (Å²) in [5, 5.41) is 7.00. The van der Waals surface area contributed by atoms with Gasteiger partial charge in [-0.25, -0.2) is 9.37 Å². The molecule has 1 unspecified atom stereocenters. The van der Waals surface area contributed by atoms with Crippen molar-refractivity contribution in [3.05, 3.63) is 71.8 Å². The first kappa shape index (κ1) is 13.5. The van der Waals surface area contributed by atoms with Gasteiger partial charge in [-0.3, -0.25) is 5.10 Å². The summed E-state index contributed by atoms with van der Waals surface area (Å²) in [7, 11) is 0. The number of benzene rings is 2. The van der Waals surface area contributed by atoms with Crippen LogP contribution in [0.5, 0.6) is 0 Å². The number of hydrogen-bond donors (Lipinski definition) is 2. The smallest absolute Gasteiger partial charge is 0.181 e. The van der Waals surface area contributed by atoms with Crippen molar-refractivity contribution in [1.29, 1.82) is 0 Å². The molecule has 1 heterocycles. The van der Waals surface area contributed by atoms with Crippen molar-refractivity contribution in [3.63, 3.8) is 0 Å². The monoisotopic (exact) mass is 282 g/mol. The molecule has 1 aromatic heterocycles. The molecule has 2 aromatic carbocycles. The lowest BCUT2D eigenvalue weighted by atomic mass is 10.1. The van der Waals surface area contributed by atoms with E-state index in [1.807, 2.05) is 30.3 Å². The fraction of sp³-hybridized carbons (Fsp3) is 0.125. The van der Waals surface area contributed by atoms with Gasteiger partial charge in [-0.1, -0.05) is 30.3 Å². The second-order valence-electron chi connectivity index (χ2n) is 4.85. The van der Waals surface area contributed by atoms with Crippen LogP contribution in [0.4, 0.5) is 4.39 Å². The van der Waals surface area contributed by atoms with Crippen LogP contribution in [0.1, 0.15) is 17.4 Å². The van der Waals surface area contributed by atoms with E-state index < -0.39 is 0 Å². The molecule has 3 N–H and O–H groups in total. The summed E-state index contributed by atoms with van der Waals surface area (Å²) >= 11 is 0. The largest absolute Gasteiger partial charge is 0.321 e. The lowest BCUT2D eigenvalue weighted by Crippen LogP contribution is -2.15. The molecule has 0 fully saturated rings. The summed E-state index contributed by atoms with van der Waals surface area (Å²) in [6.07, 6.45) is 0.679. The highest BCUT2D eigenvalue weighted by Crippen LogP contribution is 2.18. The number of aromatic amines is 1. The van der Waals surface area contributed by atoms with Crippen LogP contribution < -0.4 is 5.73 Å². The van der Waals surface area contributed by atoms with E-state index >= 15 is 0 Å². The third kappa shape index (κ3) is 3.14. The standard InChI is InChI=1S/C16H15FN4/c17-13-8-6-12(7-9-13)15-19-16(21-20-15)14(18)10-11-4-2-1-3-5-11/h1-9,14H,10,18H2,(H,19,20,21). The van der Waals surface area contributed by atoms with Crippen LogP contribution in [0.15, 0.2) is 54.6 Å². The highest BCUT2D eigenvalue weighted by molar-refractivity contribution is 5.54. The first-order valence-electron chi connectivity index (χ1n) is 6.70. The van der Waals surface area contributed by atoms with Crippen LogP contribution in [0.3, 0.4) is 0 Å². The minimum Gasteiger partial charge on any atom is -0.321 e. The third-order valence-electron chi connectivity index (χ3n) is 3.25. The fourth-order valence-corrected chi connectivity index (χ4v) is 2.13. The Morgan fingerprint density at radius 3 is 2.48 bits per heavy atom. The molecule has 0 spiro atoms. The van der Waals surface area contributed by atoms with Crippen LogP contribution in [0.2, 0.25) is 0 Å². The van der Waals surface area contributed by atoms with Crippen molar-refractivity contribution in [3.8, 4) is 11.4 Å². The Labute approximate surface area is 121 Å². The van der Waals surface area contributed by atoms with E-state index in [4.69, 9.17) is 5.73 Å². The van der Waals surface area contributed by atoms with Crippen molar-refractivity contribution in [1.82, 2.24) is 15.2 Å². The molecule has 21 heavy (non-hydrogen) atoms. The molecule has 0 aliphatic rings. The molecule has 0 saturated heterocycles. The maximum absolute atomic E-state index is 12.9. The minimum atomic E-state index is -0.282. The van der Waals surface area contributed by atoms with E-state index in [1.54, 1.807) is 12.1 Å². The third-order valence-corrected chi connectivity index (χ3v) is 3.25. The van der Waals surface area contributed by atoms with Gasteiger partial charge in [0.15, 0.2) is 5.82 Å². The molecule has 0 radical (unpaired) electrons. The Morgan fingerprint density at radius 2 is 1.76 bits per heavy atom. The Bertz CT molecular complexity index is 707. The Kier molecular flexibility index (Phi) is 3.75. The van der Waals surface area contributed by atoms with E-state index in [9.17, 15) is 4.39 Å². The zero-order chi connectivity index (χ0) is 14.7. The Hall–Kier alpha value is -2.53. The van der Waals surface area contributed by atoms with Crippen molar-refractivity contribution >= 4 is 0 Å². The van der Waals surface area contributed by atoms with Gasteiger partial charge in [0.25, 0.3) is 0 Å². The summed E-state index contributed by atoms with van der Waals surface area (Å²) in [6.45, 7) is 0. The number of H-pyrrole nitrogens is 1.